The fourth-order valence-corrected chi connectivity index (χ4v) is 5.93. The number of carboxylic acids is 1. The van der Waals surface area contributed by atoms with Crippen LogP contribution < -0.4 is 0 Å². The summed E-state index contributed by atoms with van der Waals surface area (Å²) < 4.78 is 50.0. The second kappa shape index (κ2) is 7.89. The van der Waals surface area contributed by atoms with Gasteiger partial charge in [0.15, 0.2) is 15.5 Å². The van der Waals surface area contributed by atoms with Crippen molar-refractivity contribution in [3.8, 4) is 0 Å². The number of hydrogen-bond acceptors (Lipinski definition) is 6. The number of hydrogen-bond donors (Lipinski definition) is 1. The number of carbonyl (C=O) groups is 2. The SMILES string of the molecule is CC(=O)O.CN(C)[C@@H]1CS(=O)(=O)[C@H]2CN(C(=O)c3ccn(C(F)F)n3)C[C@@H]12. The molecule has 1 aromatic rings. The maximum atomic E-state index is 12.5. The van der Waals surface area contributed by atoms with E-state index >= 15 is 0 Å². The van der Waals surface area contributed by atoms with Crippen LogP contribution in [0.3, 0.4) is 0 Å². The van der Waals surface area contributed by atoms with Gasteiger partial charge < -0.3 is 14.9 Å². The average Bonchev–Trinajstić information content (AvgIpc) is 3.22. The first-order valence-corrected chi connectivity index (χ1v) is 9.85. The van der Waals surface area contributed by atoms with Crippen molar-refractivity contribution < 1.29 is 31.9 Å². The van der Waals surface area contributed by atoms with Crippen LogP contribution in [0.1, 0.15) is 24.0 Å². The van der Waals surface area contributed by atoms with Gasteiger partial charge in [-0.1, -0.05) is 0 Å². The van der Waals surface area contributed by atoms with Crippen molar-refractivity contribution in [2.24, 2.45) is 5.92 Å². The summed E-state index contributed by atoms with van der Waals surface area (Å²) in [7, 11) is 0.378. The molecule has 0 bridgehead atoms. The quantitative estimate of drug-likeness (QED) is 0.758. The van der Waals surface area contributed by atoms with Crippen molar-refractivity contribution >= 4 is 21.7 Å². The van der Waals surface area contributed by atoms with Gasteiger partial charge in [0.2, 0.25) is 0 Å². The molecule has 2 aliphatic heterocycles. The molecule has 2 saturated heterocycles. The highest BCUT2D eigenvalue weighted by atomic mass is 32.2. The Morgan fingerprint density at radius 1 is 1.33 bits per heavy atom. The van der Waals surface area contributed by atoms with E-state index in [1.807, 2.05) is 19.0 Å². The maximum Gasteiger partial charge on any atom is 0.333 e. The van der Waals surface area contributed by atoms with Crippen LogP contribution in [0.2, 0.25) is 0 Å². The molecule has 3 atom stereocenters. The number of likely N-dealkylation sites (tertiary alicyclic amines) is 1. The van der Waals surface area contributed by atoms with Crippen molar-refractivity contribution in [2.45, 2.75) is 24.8 Å². The van der Waals surface area contributed by atoms with Crippen LogP contribution in [0.4, 0.5) is 8.78 Å². The van der Waals surface area contributed by atoms with E-state index in [4.69, 9.17) is 9.90 Å². The molecule has 1 amide bonds. The summed E-state index contributed by atoms with van der Waals surface area (Å²) in [5.74, 6) is -1.40. The van der Waals surface area contributed by atoms with E-state index in [2.05, 4.69) is 5.10 Å². The highest BCUT2D eigenvalue weighted by molar-refractivity contribution is 7.92. The second-order valence-corrected chi connectivity index (χ2v) is 9.02. The maximum absolute atomic E-state index is 12.5. The number of carboxylic acid groups (broad SMARTS) is 1. The molecule has 0 radical (unpaired) electrons. The third-order valence-corrected chi connectivity index (χ3v) is 6.87. The molecule has 2 fully saturated rings. The van der Waals surface area contributed by atoms with Gasteiger partial charge in [0, 0.05) is 38.2 Å². The highest BCUT2D eigenvalue weighted by Gasteiger charge is 2.53. The number of nitrogens with zero attached hydrogens (tertiary/aromatic N) is 4. The predicted octanol–water partition coefficient (Wildman–Crippen LogP) is 0.168. The van der Waals surface area contributed by atoms with Gasteiger partial charge in [-0.15, -0.1) is 0 Å². The Morgan fingerprint density at radius 2 is 1.93 bits per heavy atom. The van der Waals surface area contributed by atoms with Crippen LogP contribution in [-0.2, 0) is 14.6 Å². The molecule has 9 nitrogen and oxygen atoms in total. The molecule has 1 N–H and O–H groups in total. The van der Waals surface area contributed by atoms with E-state index in [1.54, 1.807) is 0 Å². The molecule has 2 aliphatic rings. The van der Waals surface area contributed by atoms with Gasteiger partial charge in [-0.05, 0) is 20.2 Å². The van der Waals surface area contributed by atoms with Gasteiger partial charge in [0.05, 0.1) is 11.0 Å². The van der Waals surface area contributed by atoms with Crippen molar-refractivity contribution in [3.63, 3.8) is 0 Å². The van der Waals surface area contributed by atoms with E-state index in [-0.39, 0.29) is 30.0 Å². The molecule has 27 heavy (non-hydrogen) atoms. The minimum absolute atomic E-state index is 0.0934. The van der Waals surface area contributed by atoms with E-state index in [0.29, 0.717) is 11.2 Å². The number of aromatic nitrogens is 2. The minimum Gasteiger partial charge on any atom is -0.481 e. The van der Waals surface area contributed by atoms with Crippen LogP contribution in [0.15, 0.2) is 12.3 Å². The first kappa shape index (κ1) is 21.2. The Balaban J connectivity index is 0.000000596. The largest absolute Gasteiger partial charge is 0.481 e. The first-order chi connectivity index (χ1) is 12.4. The molecule has 0 unspecified atom stereocenters. The summed E-state index contributed by atoms with van der Waals surface area (Å²) in [6.07, 6.45) is 1.04. The topological polar surface area (TPSA) is 113 Å². The zero-order chi connectivity index (χ0) is 20.5. The number of halogens is 2. The van der Waals surface area contributed by atoms with Gasteiger partial charge in [-0.25, -0.2) is 13.1 Å². The van der Waals surface area contributed by atoms with Crippen LogP contribution >= 0.6 is 0 Å². The summed E-state index contributed by atoms with van der Waals surface area (Å²) >= 11 is 0. The van der Waals surface area contributed by atoms with Gasteiger partial charge in [-0.3, -0.25) is 9.59 Å². The highest BCUT2D eigenvalue weighted by Crippen LogP contribution is 2.36. The molecular weight excluding hydrogens is 386 g/mol. The number of amides is 1. The molecular formula is C15H22F2N4O5S. The first-order valence-electron chi connectivity index (χ1n) is 8.14. The number of fused-ring (bicyclic) bond motifs is 1. The third kappa shape index (κ3) is 4.61. The zero-order valence-corrected chi connectivity index (χ0v) is 15.9. The number of carbonyl (C=O) groups excluding carboxylic acids is 1. The Kier molecular flexibility index (Phi) is 6.20. The lowest BCUT2D eigenvalue weighted by Gasteiger charge is -2.24. The van der Waals surface area contributed by atoms with Crippen LogP contribution in [-0.4, -0.2) is 89.2 Å². The number of rotatable bonds is 3. The van der Waals surface area contributed by atoms with E-state index in [0.717, 1.165) is 13.1 Å². The minimum atomic E-state index is -3.26. The smallest absolute Gasteiger partial charge is 0.333 e. The lowest BCUT2D eigenvalue weighted by Crippen LogP contribution is -2.38. The molecule has 3 heterocycles. The van der Waals surface area contributed by atoms with Gasteiger partial charge in [-0.2, -0.15) is 13.9 Å². The van der Waals surface area contributed by atoms with Crippen LogP contribution in [0.5, 0.6) is 0 Å². The molecule has 0 aromatic carbocycles. The Hall–Kier alpha value is -2.08. The standard InChI is InChI=1S/C13H18F2N4O3S.C2H4O2/c1-17(2)10-7-23(21,22)11-6-18(5-8(10)11)12(20)9-3-4-19(16-9)13(14)15;1-2(3)4/h3-4,8,10-11,13H,5-7H2,1-2H3;1H3,(H,3,4)/t8-,10+,11-;/m0./s1. The molecule has 0 saturated carbocycles. The van der Waals surface area contributed by atoms with Gasteiger partial charge in [0.25, 0.3) is 11.9 Å². The molecule has 1 aromatic heterocycles. The fourth-order valence-electron chi connectivity index (χ4n) is 3.45. The third-order valence-electron chi connectivity index (χ3n) is 4.65. The Labute approximate surface area is 155 Å². The monoisotopic (exact) mass is 408 g/mol. The summed E-state index contributed by atoms with van der Waals surface area (Å²) in [4.78, 5) is 24.7. The molecule has 0 spiro atoms. The average molecular weight is 408 g/mol. The van der Waals surface area contributed by atoms with E-state index < -0.39 is 33.5 Å². The normalized spacial score (nSPS) is 26.0. The molecule has 12 heteroatoms. The summed E-state index contributed by atoms with van der Waals surface area (Å²) in [5.41, 5.74) is -0.0934. The summed E-state index contributed by atoms with van der Waals surface area (Å²) in [6.45, 7) is -1.34. The lowest BCUT2D eigenvalue weighted by atomic mass is 10.00. The number of sulfone groups is 1. The number of aliphatic carboxylic acids is 1. The van der Waals surface area contributed by atoms with Crippen LogP contribution in [0.25, 0.3) is 0 Å². The van der Waals surface area contributed by atoms with Crippen molar-refractivity contribution in [2.75, 3.05) is 32.9 Å². The molecule has 152 valence electrons. The zero-order valence-electron chi connectivity index (χ0n) is 15.1. The van der Waals surface area contributed by atoms with Gasteiger partial charge >= 0.3 is 6.55 Å². The van der Waals surface area contributed by atoms with Crippen LogP contribution in [0, 0.1) is 5.92 Å². The lowest BCUT2D eigenvalue weighted by molar-refractivity contribution is -0.134. The molecule has 3 rings (SSSR count). The molecule has 0 aliphatic carbocycles. The van der Waals surface area contributed by atoms with E-state index in [9.17, 15) is 22.0 Å². The van der Waals surface area contributed by atoms with Gasteiger partial charge in [0.1, 0.15) is 0 Å². The van der Waals surface area contributed by atoms with E-state index in [1.165, 1.54) is 11.0 Å². The fraction of sp³-hybridized carbons (Fsp3) is 0.667. The Morgan fingerprint density at radius 3 is 2.41 bits per heavy atom. The summed E-state index contributed by atoms with van der Waals surface area (Å²) in [6, 6.07) is 1.09. The van der Waals surface area contributed by atoms with Crippen molar-refractivity contribution in [1.82, 2.24) is 19.6 Å². The number of alkyl halides is 2. The van der Waals surface area contributed by atoms with Crippen molar-refractivity contribution in [3.05, 3.63) is 18.0 Å². The Bertz CT molecular complexity index is 807. The predicted molar refractivity (Wildman–Crippen MR) is 91.2 cm³/mol. The summed E-state index contributed by atoms with van der Waals surface area (Å²) in [5, 5.41) is 10.4. The second-order valence-electron chi connectivity index (χ2n) is 6.75. The van der Waals surface area contributed by atoms with Crippen molar-refractivity contribution in [1.29, 1.82) is 0 Å².